The summed E-state index contributed by atoms with van der Waals surface area (Å²) in [6.07, 6.45) is 2.06. The molecule has 0 spiro atoms. The second kappa shape index (κ2) is 8.10. The molecule has 0 unspecified atom stereocenters. The molecule has 0 aromatic heterocycles. The van der Waals surface area contributed by atoms with E-state index in [1.807, 2.05) is 13.8 Å². The van der Waals surface area contributed by atoms with Crippen molar-refractivity contribution < 1.29 is 9.59 Å². The van der Waals surface area contributed by atoms with Gasteiger partial charge in [0.15, 0.2) is 0 Å². The van der Waals surface area contributed by atoms with Crippen molar-refractivity contribution in [3.63, 3.8) is 0 Å². The number of hydrogen-bond donors (Lipinski definition) is 2. The van der Waals surface area contributed by atoms with Gasteiger partial charge in [0, 0.05) is 19.5 Å². The normalized spacial score (nSPS) is 10.5. The van der Waals surface area contributed by atoms with Crippen LogP contribution in [0.4, 0.5) is 0 Å². The highest BCUT2D eigenvalue weighted by Crippen LogP contribution is 1.94. The molecule has 0 bridgehead atoms. The third kappa shape index (κ3) is 7.23. The number of likely N-dealkylation sites (N-methyl/N-ethyl adjacent to an activating group) is 1. The lowest BCUT2D eigenvalue weighted by molar-refractivity contribution is -0.130. The predicted octanol–water partition coefficient (Wildman–Crippen LogP) is 0.0984. The highest BCUT2D eigenvalue weighted by Gasteiger charge is 2.10. The van der Waals surface area contributed by atoms with Crippen LogP contribution in [-0.4, -0.2) is 42.9 Å². The highest BCUT2D eigenvalue weighted by molar-refractivity contribution is 5.78. The van der Waals surface area contributed by atoms with Crippen LogP contribution in [0.2, 0.25) is 0 Å². The lowest BCUT2D eigenvalue weighted by atomic mass is 10.2. The number of primary amides is 1. The molecule has 0 aromatic rings. The van der Waals surface area contributed by atoms with Gasteiger partial charge in [0.2, 0.25) is 11.8 Å². The molecule has 94 valence electrons. The third-order valence-corrected chi connectivity index (χ3v) is 2.47. The van der Waals surface area contributed by atoms with Crippen molar-refractivity contribution in [2.75, 3.05) is 20.1 Å². The number of unbranched alkanes of at least 4 members (excludes halogenated alkanes) is 1. The Morgan fingerprint density at radius 3 is 2.44 bits per heavy atom. The average molecular weight is 229 g/mol. The average Bonchev–Trinajstić information content (AvgIpc) is 2.21. The molecule has 0 aliphatic heterocycles. The van der Waals surface area contributed by atoms with E-state index in [0.717, 1.165) is 19.4 Å². The van der Waals surface area contributed by atoms with Crippen LogP contribution in [0, 0.1) is 0 Å². The molecule has 5 heteroatoms. The number of carbonyl (C=O) groups excluding carboxylic acids is 2. The SMILES string of the molecule is CC(C)N(C)C(=O)CNCCCCC(N)=O. The van der Waals surface area contributed by atoms with Gasteiger partial charge in [-0.15, -0.1) is 0 Å². The number of hydrogen-bond acceptors (Lipinski definition) is 3. The zero-order valence-corrected chi connectivity index (χ0v) is 10.5. The maximum atomic E-state index is 11.5. The molecule has 0 aliphatic carbocycles. The summed E-state index contributed by atoms with van der Waals surface area (Å²) in [6.45, 7) is 5.05. The van der Waals surface area contributed by atoms with Gasteiger partial charge in [-0.1, -0.05) is 0 Å². The molecule has 0 radical (unpaired) electrons. The first-order valence-corrected chi connectivity index (χ1v) is 5.69. The van der Waals surface area contributed by atoms with Crippen molar-refractivity contribution in [1.82, 2.24) is 10.2 Å². The summed E-state index contributed by atoms with van der Waals surface area (Å²) in [5, 5.41) is 3.05. The van der Waals surface area contributed by atoms with Crippen molar-refractivity contribution in [3.8, 4) is 0 Å². The number of rotatable bonds is 8. The molecule has 5 nitrogen and oxygen atoms in total. The second-order valence-electron chi connectivity index (χ2n) is 4.20. The van der Waals surface area contributed by atoms with Crippen LogP contribution in [0.25, 0.3) is 0 Å². The Morgan fingerprint density at radius 1 is 1.31 bits per heavy atom. The maximum Gasteiger partial charge on any atom is 0.236 e. The van der Waals surface area contributed by atoms with Gasteiger partial charge in [-0.25, -0.2) is 0 Å². The molecule has 0 aliphatic rings. The van der Waals surface area contributed by atoms with E-state index in [4.69, 9.17) is 5.73 Å². The Kier molecular flexibility index (Phi) is 7.54. The highest BCUT2D eigenvalue weighted by atomic mass is 16.2. The number of carbonyl (C=O) groups is 2. The molecule has 16 heavy (non-hydrogen) atoms. The minimum atomic E-state index is -0.268. The zero-order valence-electron chi connectivity index (χ0n) is 10.5. The van der Waals surface area contributed by atoms with E-state index < -0.39 is 0 Å². The van der Waals surface area contributed by atoms with Crippen LogP contribution in [0.1, 0.15) is 33.1 Å². The van der Waals surface area contributed by atoms with Crippen LogP contribution < -0.4 is 11.1 Å². The fourth-order valence-electron chi connectivity index (χ4n) is 1.16. The van der Waals surface area contributed by atoms with Crippen molar-refractivity contribution in [2.24, 2.45) is 5.73 Å². The minimum Gasteiger partial charge on any atom is -0.370 e. The fourth-order valence-corrected chi connectivity index (χ4v) is 1.16. The number of nitrogens with one attached hydrogen (secondary N) is 1. The summed E-state index contributed by atoms with van der Waals surface area (Å²) < 4.78 is 0. The summed E-state index contributed by atoms with van der Waals surface area (Å²) in [7, 11) is 1.79. The fraction of sp³-hybridized carbons (Fsp3) is 0.818. The first-order valence-electron chi connectivity index (χ1n) is 5.69. The van der Waals surface area contributed by atoms with Crippen LogP contribution in [0.3, 0.4) is 0 Å². The van der Waals surface area contributed by atoms with Crippen LogP contribution >= 0.6 is 0 Å². The Bertz CT molecular complexity index is 229. The molecule has 0 rings (SSSR count). The number of nitrogens with two attached hydrogens (primary N) is 1. The van der Waals surface area contributed by atoms with E-state index in [2.05, 4.69) is 5.32 Å². The third-order valence-electron chi connectivity index (χ3n) is 2.47. The molecule has 0 aromatic carbocycles. The standard InChI is InChI=1S/C11H23N3O2/c1-9(2)14(3)11(16)8-13-7-5-4-6-10(12)15/h9,13H,4-8H2,1-3H3,(H2,12,15). The summed E-state index contributed by atoms with van der Waals surface area (Å²) in [4.78, 5) is 23.7. The maximum absolute atomic E-state index is 11.5. The van der Waals surface area contributed by atoms with Crippen molar-refractivity contribution in [2.45, 2.75) is 39.2 Å². The van der Waals surface area contributed by atoms with E-state index in [1.54, 1.807) is 11.9 Å². The van der Waals surface area contributed by atoms with Gasteiger partial charge in [0.05, 0.1) is 6.54 Å². The molecule has 0 fully saturated rings. The molecule has 0 atom stereocenters. The van der Waals surface area contributed by atoms with Gasteiger partial charge < -0.3 is 16.0 Å². The summed E-state index contributed by atoms with van der Waals surface area (Å²) in [5.74, 6) is -0.180. The molecule has 0 saturated heterocycles. The lowest BCUT2D eigenvalue weighted by Gasteiger charge is -2.21. The summed E-state index contributed by atoms with van der Waals surface area (Å²) in [6, 6.07) is 0.226. The molecule has 3 N–H and O–H groups in total. The molecule has 0 saturated carbocycles. The van der Waals surface area contributed by atoms with Crippen molar-refractivity contribution in [3.05, 3.63) is 0 Å². The molecular weight excluding hydrogens is 206 g/mol. The lowest BCUT2D eigenvalue weighted by Crippen LogP contribution is -2.39. The van der Waals surface area contributed by atoms with Gasteiger partial charge in [-0.3, -0.25) is 9.59 Å². The van der Waals surface area contributed by atoms with Crippen LogP contribution in [0.5, 0.6) is 0 Å². The first kappa shape index (κ1) is 14.9. The predicted molar refractivity (Wildman–Crippen MR) is 63.8 cm³/mol. The van der Waals surface area contributed by atoms with Crippen LogP contribution in [0.15, 0.2) is 0 Å². The Hall–Kier alpha value is -1.10. The van der Waals surface area contributed by atoms with E-state index in [-0.39, 0.29) is 17.9 Å². The quantitative estimate of drug-likeness (QED) is 0.580. The minimum absolute atomic E-state index is 0.0879. The second-order valence-corrected chi connectivity index (χ2v) is 4.20. The zero-order chi connectivity index (χ0) is 12.6. The first-order chi connectivity index (χ1) is 7.45. The van der Waals surface area contributed by atoms with Gasteiger partial charge in [0.1, 0.15) is 0 Å². The van der Waals surface area contributed by atoms with Gasteiger partial charge in [-0.2, -0.15) is 0 Å². The smallest absolute Gasteiger partial charge is 0.236 e. The van der Waals surface area contributed by atoms with E-state index in [1.165, 1.54) is 0 Å². The van der Waals surface area contributed by atoms with E-state index in [9.17, 15) is 9.59 Å². The summed E-state index contributed by atoms with van der Waals surface area (Å²) in [5.41, 5.74) is 5.01. The van der Waals surface area contributed by atoms with Crippen molar-refractivity contribution in [1.29, 1.82) is 0 Å². The van der Waals surface area contributed by atoms with E-state index in [0.29, 0.717) is 13.0 Å². The monoisotopic (exact) mass is 229 g/mol. The van der Waals surface area contributed by atoms with E-state index >= 15 is 0 Å². The molecule has 0 heterocycles. The largest absolute Gasteiger partial charge is 0.370 e. The van der Waals surface area contributed by atoms with Crippen LogP contribution in [-0.2, 0) is 9.59 Å². The number of nitrogens with zero attached hydrogens (tertiary/aromatic N) is 1. The molecular formula is C11H23N3O2. The summed E-state index contributed by atoms with van der Waals surface area (Å²) >= 11 is 0. The molecule has 2 amide bonds. The van der Waals surface area contributed by atoms with Gasteiger partial charge in [0.25, 0.3) is 0 Å². The Balaban J connectivity index is 3.45. The number of amides is 2. The Labute approximate surface area is 97.4 Å². The topological polar surface area (TPSA) is 75.4 Å². The van der Waals surface area contributed by atoms with Crippen molar-refractivity contribution >= 4 is 11.8 Å². The Morgan fingerprint density at radius 2 is 1.94 bits per heavy atom. The van der Waals surface area contributed by atoms with Gasteiger partial charge in [-0.05, 0) is 33.2 Å². The van der Waals surface area contributed by atoms with Gasteiger partial charge >= 0.3 is 0 Å².